The van der Waals surface area contributed by atoms with Crippen molar-refractivity contribution in [3.05, 3.63) is 96.6 Å². The van der Waals surface area contributed by atoms with Crippen LogP contribution in [0.3, 0.4) is 0 Å². The van der Waals surface area contributed by atoms with Crippen molar-refractivity contribution in [3.63, 3.8) is 0 Å². The van der Waals surface area contributed by atoms with Gasteiger partial charge in [0, 0.05) is 0 Å². The van der Waals surface area contributed by atoms with Crippen LogP contribution in [0.4, 0.5) is 4.79 Å². The maximum absolute atomic E-state index is 13.4. The highest BCUT2D eigenvalue weighted by atomic mass is 28.4. The number of aliphatic hydroxyl groups excluding tert-OH is 1. The number of ether oxygens (including phenoxy) is 2. The van der Waals surface area contributed by atoms with Crippen LogP contribution in [0.2, 0.25) is 5.04 Å². The Morgan fingerprint density at radius 1 is 0.829 bits per heavy atom. The van der Waals surface area contributed by atoms with Gasteiger partial charge in [0.1, 0.15) is 17.8 Å². The molecule has 8 heteroatoms. The lowest BCUT2D eigenvalue weighted by Crippen LogP contribution is -2.67. The van der Waals surface area contributed by atoms with Crippen molar-refractivity contribution < 1.29 is 28.6 Å². The zero-order valence-electron chi connectivity index (χ0n) is 24.7. The first kappa shape index (κ1) is 30.5. The molecule has 4 rings (SSSR count). The molecule has 0 bridgehead atoms. The van der Waals surface area contributed by atoms with Gasteiger partial charge in [0.15, 0.2) is 0 Å². The number of benzene rings is 3. The van der Waals surface area contributed by atoms with E-state index in [1.54, 1.807) is 45.0 Å². The summed E-state index contributed by atoms with van der Waals surface area (Å²) in [7, 11) is -2.96. The minimum atomic E-state index is -2.96. The fourth-order valence-electron chi connectivity index (χ4n) is 5.45. The summed E-state index contributed by atoms with van der Waals surface area (Å²) < 4.78 is 18.5. The van der Waals surface area contributed by atoms with Crippen molar-refractivity contribution >= 4 is 30.8 Å². The number of esters is 1. The summed E-state index contributed by atoms with van der Waals surface area (Å²) in [4.78, 5) is 27.7. The highest BCUT2D eigenvalue weighted by Gasteiger charge is 2.53. The van der Waals surface area contributed by atoms with Crippen LogP contribution in [0, 0.1) is 0 Å². The predicted molar refractivity (Wildman–Crippen MR) is 162 cm³/mol. The van der Waals surface area contributed by atoms with E-state index in [0.29, 0.717) is 5.56 Å². The van der Waals surface area contributed by atoms with E-state index >= 15 is 0 Å². The monoisotopic (exact) mass is 575 g/mol. The number of hydrogen-bond acceptors (Lipinski definition) is 6. The largest absolute Gasteiger partial charge is 0.454 e. The van der Waals surface area contributed by atoms with Crippen molar-refractivity contribution in [2.45, 2.75) is 70.4 Å². The summed E-state index contributed by atoms with van der Waals surface area (Å²) >= 11 is 0. The van der Waals surface area contributed by atoms with E-state index in [2.05, 4.69) is 45.0 Å². The Labute approximate surface area is 244 Å². The van der Waals surface area contributed by atoms with Gasteiger partial charge in [-0.05, 0) is 48.3 Å². The van der Waals surface area contributed by atoms with Crippen molar-refractivity contribution in [3.8, 4) is 0 Å². The van der Waals surface area contributed by atoms with Crippen LogP contribution in [0.25, 0.3) is 0 Å². The Hall–Kier alpha value is -3.46. The number of carbonyl (C=O) groups excluding carboxylic acids is 2. The maximum Gasteiger partial charge on any atom is 0.410 e. The molecule has 0 unspecified atom stereocenters. The number of likely N-dealkylation sites (tertiary alicyclic amines) is 1. The molecule has 0 aliphatic carbocycles. The predicted octanol–water partition coefficient (Wildman–Crippen LogP) is 4.77. The Morgan fingerprint density at radius 3 is 1.78 bits per heavy atom. The lowest BCUT2D eigenvalue weighted by Gasteiger charge is -2.44. The zero-order valence-corrected chi connectivity index (χ0v) is 25.7. The van der Waals surface area contributed by atoms with Crippen LogP contribution < -0.4 is 10.4 Å². The van der Waals surface area contributed by atoms with Gasteiger partial charge in [-0.25, -0.2) is 9.59 Å². The number of aliphatic hydroxyl groups is 1. The standard InChI is InChI=1S/C33H41NO6Si/c1-32(2,3)40-31(37)34-22-28(39-30(36)24-16-10-7-11-17-24)29(35)27(34)23-38-41(33(4,5)6,25-18-12-8-13-19-25)26-20-14-9-15-21-26/h7-21,27-29,35H,22-23H2,1-6H3/t27-,28+,29-/m0/s1. The molecule has 218 valence electrons. The molecule has 1 amide bonds. The van der Waals surface area contributed by atoms with Crippen LogP contribution in [-0.2, 0) is 13.9 Å². The molecular formula is C33H41NO6Si. The van der Waals surface area contributed by atoms with Gasteiger partial charge in [0.25, 0.3) is 8.32 Å². The molecule has 0 radical (unpaired) electrons. The number of rotatable bonds is 7. The first-order chi connectivity index (χ1) is 19.3. The third-order valence-electron chi connectivity index (χ3n) is 7.34. The molecule has 1 saturated heterocycles. The molecule has 3 atom stereocenters. The summed E-state index contributed by atoms with van der Waals surface area (Å²) in [5.74, 6) is -0.563. The lowest BCUT2D eigenvalue weighted by molar-refractivity contribution is -0.0108. The molecule has 3 aromatic carbocycles. The van der Waals surface area contributed by atoms with Crippen molar-refractivity contribution in [1.82, 2.24) is 4.90 Å². The highest BCUT2D eigenvalue weighted by Crippen LogP contribution is 2.37. The van der Waals surface area contributed by atoms with Crippen LogP contribution in [0.5, 0.6) is 0 Å². The van der Waals surface area contributed by atoms with E-state index in [-0.39, 0.29) is 18.2 Å². The van der Waals surface area contributed by atoms with Crippen LogP contribution in [0.15, 0.2) is 91.0 Å². The normalized spacial score (nSPS) is 19.6. The topological polar surface area (TPSA) is 85.3 Å². The average molecular weight is 576 g/mol. The van der Waals surface area contributed by atoms with Gasteiger partial charge in [-0.1, -0.05) is 99.6 Å². The van der Waals surface area contributed by atoms with Gasteiger partial charge >= 0.3 is 12.1 Å². The van der Waals surface area contributed by atoms with Crippen molar-refractivity contribution in [2.24, 2.45) is 0 Å². The van der Waals surface area contributed by atoms with Crippen LogP contribution in [0.1, 0.15) is 51.9 Å². The van der Waals surface area contributed by atoms with E-state index in [9.17, 15) is 14.7 Å². The van der Waals surface area contributed by atoms with Gasteiger partial charge in [0.2, 0.25) is 0 Å². The van der Waals surface area contributed by atoms with Crippen molar-refractivity contribution in [1.29, 1.82) is 0 Å². The van der Waals surface area contributed by atoms with E-state index < -0.39 is 44.2 Å². The first-order valence-electron chi connectivity index (χ1n) is 14.0. The molecule has 3 aromatic rings. The Morgan fingerprint density at radius 2 is 1.32 bits per heavy atom. The van der Waals surface area contributed by atoms with E-state index in [1.807, 2.05) is 42.5 Å². The van der Waals surface area contributed by atoms with Crippen LogP contribution in [-0.4, -0.2) is 67.4 Å². The van der Waals surface area contributed by atoms with E-state index in [0.717, 1.165) is 10.4 Å². The minimum Gasteiger partial charge on any atom is -0.454 e. The van der Waals surface area contributed by atoms with Gasteiger partial charge in [0.05, 0.1) is 24.8 Å². The van der Waals surface area contributed by atoms with E-state index in [4.69, 9.17) is 13.9 Å². The van der Waals surface area contributed by atoms with Gasteiger partial charge in [-0.15, -0.1) is 0 Å². The molecule has 0 aromatic heterocycles. The highest BCUT2D eigenvalue weighted by molar-refractivity contribution is 6.99. The molecule has 0 saturated carbocycles. The Bertz CT molecular complexity index is 1260. The van der Waals surface area contributed by atoms with E-state index in [1.165, 1.54) is 4.90 Å². The average Bonchev–Trinajstić information content (AvgIpc) is 3.24. The molecule has 1 aliphatic heterocycles. The van der Waals surface area contributed by atoms with Gasteiger partial charge < -0.3 is 19.0 Å². The van der Waals surface area contributed by atoms with Gasteiger partial charge in [-0.2, -0.15) is 0 Å². The number of amides is 1. The summed E-state index contributed by atoms with van der Waals surface area (Å²) in [6, 6.07) is 28.1. The second kappa shape index (κ2) is 12.2. The first-order valence-corrected chi connectivity index (χ1v) is 15.9. The quantitative estimate of drug-likeness (QED) is 0.323. The fraction of sp³-hybridized carbons (Fsp3) is 0.394. The minimum absolute atomic E-state index is 0.0105. The zero-order chi connectivity index (χ0) is 29.8. The Kier molecular flexibility index (Phi) is 9.06. The number of hydrogen-bond donors (Lipinski definition) is 1. The molecule has 0 spiro atoms. The SMILES string of the molecule is CC(C)(C)OC(=O)N1C[C@@H](OC(=O)c2ccccc2)[C@@H](O)[C@@H]1CO[Si](c1ccccc1)(c1ccccc1)C(C)(C)C. The molecule has 7 nitrogen and oxygen atoms in total. The lowest BCUT2D eigenvalue weighted by atomic mass is 10.1. The molecule has 41 heavy (non-hydrogen) atoms. The fourth-order valence-corrected chi connectivity index (χ4v) is 10.0. The van der Waals surface area contributed by atoms with Crippen molar-refractivity contribution in [2.75, 3.05) is 13.2 Å². The number of nitrogens with zero attached hydrogens (tertiary/aromatic N) is 1. The summed E-state index contributed by atoms with van der Waals surface area (Å²) in [6.45, 7) is 11.9. The number of carbonyl (C=O) groups is 2. The molecule has 1 N–H and O–H groups in total. The summed E-state index contributed by atoms with van der Waals surface area (Å²) in [5, 5.41) is 13.4. The summed E-state index contributed by atoms with van der Waals surface area (Å²) in [6.07, 6.45) is -2.71. The molecule has 1 aliphatic rings. The van der Waals surface area contributed by atoms with Crippen LogP contribution >= 0.6 is 0 Å². The molecular weight excluding hydrogens is 534 g/mol. The smallest absolute Gasteiger partial charge is 0.410 e. The second-order valence-electron chi connectivity index (χ2n) is 12.5. The maximum atomic E-state index is 13.4. The second-order valence-corrected chi connectivity index (χ2v) is 16.8. The third kappa shape index (κ3) is 6.72. The molecule has 1 heterocycles. The third-order valence-corrected chi connectivity index (χ3v) is 12.3. The Balaban J connectivity index is 1.69. The summed E-state index contributed by atoms with van der Waals surface area (Å²) in [5.41, 5.74) is -0.375. The van der Waals surface area contributed by atoms with Gasteiger partial charge in [-0.3, -0.25) is 4.90 Å². The molecule has 1 fully saturated rings.